The lowest BCUT2D eigenvalue weighted by Crippen LogP contribution is -2.45. The summed E-state index contributed by atoms with van der Waals surface area (Å²) >= 11 is 0. The van der Waals surface area contributed by atoms with Gasteiger partial charge in [-0.15, -0.1) is 0 Å². The summed E-state index contributed by atoms with van der Waals surface area (Å²) in [7, 11) is 1.70. The fourth-order valence-electron chi connectivity index (χ4n) is 4.10. The Balaban J connectivity index is 1.26. The van der Waals surface area contributed by atoms with Gasteiger partial charge in [-0.2, -0.15) is 0 Å². The third kappa shape index (κ3) is 5.23. The van der Waals surface area contributed by atoms with Crippen molar-refractivity contribution in [1.29, 1.82) is 0 Å². The number of carbonyl (C=O) groups is 1. The molecule has 1 amide bonds. The van der Waals surface area contributed by atoms with Crippen LogP contribution in [0, 0.1) is 0 Å². The SMILES string of the molecule is CO[C@H]1CCCN(C(=O)c2coc(CN3CCN(Cc4ccccc4)CC3)n2)C1. The van der Waals surface area contributed by atoms with Gasteiger partial charge in [-0.25, -0.2) is 4.98 Å². The van der Waals surface area contributed by atoms with E-state index in [1.807, 2.05) is 4.90 Å². The zero-order chi connectivity index (χ0) is 20.1. The molecule has 0 aliphatic carbocycles. The normalized spacial score (nSPS) is 21.4. The molecule has 0 radical (unpaired) electrons. The fraction of sp³-hybridized carbons (Fsp3) is 0.545. The maximum Gasteiger partial charge on any atom is 0.275 e. The lowest BCUT2D eigenvalue weighted by Gasteiger charge is -2.34. The summed E-state index contributed by atoms with van der Waals surface area (Å²) in [6.45, 7) is 7.00. The van der Waals surface area contributed by atoms with E-state index >= 15 is 0 Å². The minimum Gasteiger partial charge on any atom is -0.447 e. The van der Waals surface area contributed by atoms with E-state index < -0.39 is 0 Å². The first-order valence-electron chi connectivity index (χ1n) is 10.5. The number of hydrogen-bond acceptors (Lipinski definition) is 6. The highest BCUT2D eigenvalue weighted by molar-refractivity contribution is 5.92. The number of piperazine rings is 1. The van der Waals surface area contributed by atoms with E-state index in [2.05, 4.69) is 45.1 Å². The van der Waals surface area contributed by atoms with Gasteiger partial charge in [-0.3, -0.25) is 14.6 Å². The number of likely N-dealkylation sites (tertiary alicyclic amines) is 1. The van der Waals surface area contributed by atoms with Crippen LogP contribution >= 0.6 is 0 Å². The zero-order valence-electron chi connectivity index (χ0n) is 17.1. The first-order valence-corrected chi connectivity index (χ1v) is 10.5. The third-order valence-electron chi connectivity index (χ3n) is 5.84. The zero-order valence-corrected chi connectivity index (χ0v) is 17.1. The highest BCUT2D eigenvalue weighted by atomic mass is 16.5. The molecule has 1 aromatic carbocycles. The molecule has 0 N–H and O–H groups in total. The summed E-state index contributed by atoms with van der Waals surface area (Å²) in [5.74, 6) is 0.555. The lowest BCUT2D eigenvalue weighted by atomic mass is 10.1. The number of carbonyl (C=O) groups excluding carboxylic acids is 1. The second-order valence-electron chi connectivity index (χ2n) is 7.92. The van der Waals surface area contributed by atoms with Gasteiger partial charge in [0, 0.05) is 52.9 Å². The molecule has 1 atom stereocenters. The number of oxazole rings is 1. The van der Waals surface area contributed by atoms with Gasteiger partial charge < -0.3 is 14.1 Å². The van der Waals surface area contributed by atoms with E-state index in [0.717, 1.165) is 52.1 Å². The number of amides is 1. The van der Waals surface area contributed by atoms with Crippen LogP contribution in [0.25, 0.3) is 0 Å². The topological polar surface area (TPSA) is 62.1 Å². The van der Waals surface area contributed by atoms with E-state index in [4.69, 9.17) is 9.15 Å². The van der Waals surface area contributed by atoms with E-state index in [1.165, 1.54) is 11.8 Å². The van der Waals surface area contributed by atoms with Crippen LogP contribution < -0.4 is 0 Å². The van der Waals surface area contributed by atoms with Gasteiger partial charge >= 0.3 is 0 Å². The molecular weight excluding hydrogens is 368 g/mol. The number of hydrogen-bond donors (Lipinski definition) is 0. The minimum absolute atomic E-state index is 0.0607. The monoisotopic (exact) mass is 398 g/mol. The molecule has 0 spiro atoms. The fourth-order valence-corrected chi connectivity index (χ4v) is 4.10. The molecule has 2 aliphatic heterocycles. The molecule has 3 heterocycles. The molecule has 0 saturated carbocycles. The number of benzene rings is 1. The summed E-state index contributed by atoms with van der Waals surface area (Å²) in [6, 6.07) is 10.6. The minimum atomic E-state index is -0.0607. The van der Waals surface area contributed by atoms with E-state index in [9.17, 15) is 4.79 Å². The molecule has 4 rings (SSSR count). The molecule has 2 fully saturated rings. The van der Waals surface area contributed by atoms with Crippen molar-refractivity contribution in [3.63, 3.8) is 0 Å². The van der Waals surface area contributed by atoms with Crippen LogP contribution in [-0.2, 0) is 17.8 Å². The quantitative estimate of drug-likeness (QED) is 0.744. The first kappa shape index (κ1) is 20.1. The average Bonchev–Trinajstić information content (AvgIpc) is 3.24. The standard InChI is InChI=1S/C22H30N4O3/c1-28-19-8-5-9-26(15-19)22(27)20-17-29-21(23-20)16-25-12-10-24(11-13-25)14-18-6-3-2-4-7-18/h2-4,6-7,17,19H,5,8-16H2,1H3/t19-/m0/s1. The van der Waals surface area contributed by atoms with Crippen molar-refractivity contribution in [2.24, 2.45) is 0 Å². The average molecular weight is 399 g/mol. The highest BCUT2D eigenvalue weighted by Gasteiger charge is 2.27. The smallest absolute Gasteiger partial charge is 0.275 e. The van der Waals surface area contributed by atoms with Gasteiger partial charge in [-0.05, 0) is 18.4 Å². The number of rotatable bonds is 6. The van der Waals surface area contributed by atoms with Crippen molar-refractivity contribution in [1.82, 2.24) is 19.7 Å². The number of methoxy groups -OCH3 is 1. The first-order chi connectivity index (χ1) is 14.2. The van der Waals surface area contributed by atoms with Gasteiger partial charge in [0.1, 0.15) is 6.26 Å². The largest absolute Gasteiger partial charge is 0.447 e. The van der Waals surface area contributed by atoms with Gasteiger partial charge in [0.25, 0.3) is 5.91 Å². The Hall–Kier alpha value is -2.22. The Labute approximate surface area is 172 Å². The van der Waals surface area contributed by atoms with Crippen molar-refractivity contribution in [2.75, 3.05) is 46.4 Å². The van der Waals surface area contributed by atoms with E-state index in [-0.39, 0.29) is 12.0 Å². The Morgan fingerprint density at radius 1 is 1.10 bits per heavy atom. The summed E-state index contributed by atoms with van der Waals surface area (Å²) in [5.41, 5.74) is 1.75. The predicted octanol–water partition coefficient (Wildman–Crippen LogP) is 2.24. The number of piperidine rings is 1. The van der Waals surface area contributed by atoms with E-state index in [0.29, 0.717) is 24.7 Å². The molecule has 2 saturated heterocycles. The van der Waals surface area contributed by atoms with Crippen molar-refractivity contribution >= 4 is 5.91 Å². The van der Waals surface area contributed by atoms with Crippen LogP contribution in [0.3, 0.4) is 0 Å². The molecular formula is C22H30N4O3. The lowest BCUT2D eigenvalue weighted by molar-refractivity contribution is 0.0265. The Bertz CT molecular complexity index is 786. The number of nitrogens with zero attached hydrogens (tertiary/aromatic N) is 4. The number of aromatic nitrogens is 1. The molecule has 7 nitrogen and oxygen atoms in total. The van der Waals surface area contributed by atoms with Crippen LogP contribution in [0.15, 0.2) is 41.0 Å². The molecule has 1 aromatic heterocycles. The summed E-state index contributed by atoms with van der Waals surface area (Å²) < 4.78 is 11.0. The maximum absolute atomic E-state index is 12.7. The Morgan fingerprint density at radius 2 is 1.83 bits per heavy atom. The molecule has 156 valence electrons. The molecule has 0 unspecified atom stereocenters. The summed E-state index contributed by atoms with van der Waals surface area (Å²) in [4.78, 5) is 23.8. The summed E-state index contributed by atoms with van der Waals surface area (Å²) in [5, 5.41) is 0. The molecule has 2 aliphatic rings. The molecule has 0 bridgehead atoms. The Kier molecular flexibility index (Phi) is 6.59. The van der Waals surface area contributed by atoms with E-state index in [1.54, 1.807) is 7.11 Å². The van der Waals surface area contributed by atoms with Crippen LogP contribution in [0.2, 0.25) is 0 Å². The second-order valence-corrected chi connectivity index (χ2v) is 7.92. The van der Waals surface area contributed by atoms with Gasteiger partial charge in [-0.1, -0.05) is 30.3 Å². The van der Waals surface area contributed by atoms with Crippen molar-refractivity contribution in [3.05, 3.63) is 53.7 Å². The van der Waals surface area contributed by atoms with Crippen LogP contribution in [0.1, 0.15) is 34.8 Å². The maximum atomic E-state index is 12.7. The van der Waals surface area contributed by atoms with Crippen LogP contribution in [-0.4, -0.2) is 78.1 Å². The third-order valence-corrected chi connectivity index (χ3v) is 5.84. The second kappa shape index (κ2) is 9.52. The molecule has 29 heavy (non-hydrogen) atoms. The highest BCUT2D eigenvalue weighted by Crippen LogP contribution is 2.17. The van der Waals surface area contributed by atoms with Crippen molar-refractivity contribution in [2.45, 2.75) is 32.0 Å². The van der Waals surface area contributed by atoms with Gasteiger partial charge in [0.15, 0.2) is 5.69 Å². The molecule has 7 heteroatoms. The predicted molar refractivity (Wildman–Crippen MR) is 109 cm³/mol. The molecule has 2 aromatic rings. The van der Waals surface area contributed by atoms with Crippen molar-refractivity contribution < 1.29 is 13.9 Å². The van der Waals surface area contributed by atoms with Gasteiger partial charge in [0.2, 0.25) is 5.89 Å². The Morgan fingerprint density at radius 3 is 2.55 bits per heavy atom. The van der Waals surface area contributed by atoms with Gasteiger partial charge in [0.05, 0.1) is 12.6 Å². The van der Waals surface area contributed by atoms with Crippen molar-refractivity contribution in [3.8, 4) is 0 Å². The van der Waals surface area contributed by atoms with Crippen LogP contribution in [0.4, 0.5) is 0 Å². The number of ether oxygens (including phenoxy) is 1. The van der Waals surface area contributed by atoms with Crippen LogP contribution in [0.5, 0.6) is 0 Å². The summed E-state index contributed by atoms with van der Waals surface area (Å²) in [6.07, 6.45) is 3.58.